The van der Waals surface area contributed by atoms with Crippen LogP contribution >= 0.6 is 0 Å². The lowest BCUT2D eigenvalue weighted by atomic mass is 9.99. The van der Waals surface area contributed by atoms with Crippen molar-refractivity contribution in [1.29, 1.82) is 0 Å². The quantitative estimate of drug-likeness (QED) is 0.529. The lowest BCUT2D eigenvalue weighted by Crippen LogP contribution is -2.34. The van der Waals surface area contributed by atoms with Crippen molar-refractivity contribution >= 4 is 44.1 Å². The molecular weight excluding hydrogens is 497 g/mol. The van der Waals surface area contributed by atoms with Crippen molar-refractivity contribution in [2.75, 3.05) is 31.1 Å². The summed E-state index contributed by atoms with van der Waals surface area (Å²) < 4.78 is 48.6. The minimum absolute atomic E-state index is 0.130. The predicted octanol–water partition coefficient (Wildman–Crippen LogP) is 3.92. The molecule has 2 aliphatic heterocycles. The average molecular weight is 524 g/mol. The smallest absolute Gasteiger partial charge is 0.414 e. The van der Waals surface area contributed by atoms with Gasteiger partial charge >= 0.3 is 6.09 Å². The minimum Gasteiger partial charge on any atom is -0.442 e. The largest absolute Gasteiger partial charge is 0.442 e. The Kier molecular flexibility index (Phi) is 6.70. The van der Waals surface area contributed by atoms with Gasteiger partial charge in [0, 0.05) is 31.0 Å². The van der Waals surface area contributed by atoms with Crippen LogP contribution in [0.3, 0.4) is 0 Å². The van der Waals surface area contributed by atoms with E-state index < -0.39 is 28.0 Å². The number of fused-ring (bicyclic) bond motifs is 1. The lowest BCUT2D eigenvalue weighted by Gasteiger charge is -2.27. The number of nitrogens with zero attached hydrogens (tertiary/aromatic N) is 2. The zero-order valence-corrected chi connectivity index (χ0v) is 21.0. The summed E-state index contributed by atoms with van der Waals surface area (Å²) in [5.41, 5.74) is 1.43. The van der Waals surface area contributed by atoms with Crippen LogP contribution in [0.25, 0.3) is 16.3 Å². The third-order valence-electron chi connectivity index (χ3n) is 6.60. The maximum absolute atomic E-state index is 15.1. The molecule has 2 aliphatic rings. The van der Waals surface area contributed by atoms with Crippen LogP contribution in [0.5, 0.6) is 0 Å². The van der Waals surface area contributed by atoms with Crippen LogP contribution in [0, 0.1) is 5.82 Å². The lowest BCUT2D eigenvalue weighted by molar-refractivity contribution is -0.119. The molecular formula is C27H26FN3O5S. The third-order valence-corrected chi connectivity index (χ3v) is 8.53. The zero-order chi connectivity index (χ0) is 26.2. The number of halogens is 1. The molecule has 10 heteroatoms. The summed E-state index contributed by atoms with van der Waals surface area (Å²) in [5.74, 6) is -0.735. The summed E-state index contributed by atoms with van der Waals surface area (Å²) in [6, 6.07) is 17.1. The molecule has 1 N–H and O–H groups in total. The number of benzene rings is 3. The second-order valence-corrected chi connectivity index (χ2v) is 10.9. The first-order chi connectivity index (χ1) is 17.7. The number of cyclic esters (lactones) is 1. The number of hydrogen-bond donors (Lipinski definition) is 1. The van der Waals surface area contributed by atoms with Crippen molar-refractivity contribution in [2.24, 2.45) is 0 Å². The Labute approximate surface area is 214 Å². The number of sulfonamides is 1. The van der Waals surface area contributed by atoms with E-state index in [9.17, 15) is 18.0 Å². The Morgan fingerprint density at radius 2 is 1.92 bits per heavy atom. The fourth-order valence-electron chi connectivity index (χ4n) is 4.70. The third kappa shape index (κ3) is 4.94. The molecule has 37 heavy (non-hydrogen) atoms. The standard InChI is InChI=1S/C27H26FN3O5S/c1-18(32)29-16-22-17-31(27(33)36-22)21-9-10-23(25(28)15-21)20-11-13-30(14-12-20)37(34,35)26-8-4-6-19-5-2-3-7-24(19)26/h2-11,15,22H,12-14,16-17H2,1H3,(H,29,32)/t22-/m0/s1. The fourth-order valence-corrected chi connectivity index (χ4v) is 6.30. The van der Waals surface area contributed by atoms with E-state index in [0.29, 0.717) is 28.6 Å². The van der Waals surface area contributed by atoms with E-state index in [0.717, 1.165) is 5.39 Å². The van der Waals surface area contributed by atoms with Crippen LogP contribution in [0.1, 0.15) is 18.9 Å². The summed E-state index contributed by atoms with van der Waals surface area (Å²) in [5, 5.41) is 4.12. The highest BCUT2D eigenvalue weighted by Crippen LogP contribution is 2.32. The Balaban J connectivity index is 1.31. The maximum Gasteiger partial charge on any atom is 0.414 e. The molecule has 5 rings (SSSR count). The molecule has 0 radical (unpaired) electrons. The summed E-state index contributed by atoms with van der Waals surface area (Å²) in [6.45, 7) is 2.11. The molecule has 0 aliphatic carbocycles. The monoisotopic (exact) mass is 523 g/mol. The fraction of sp³-hybridized carbons (Fsp3) is 0.259. The molecule has 0 bridgehead atoms. The van der Waals surface area contributed by atoms with Gasteiger partial charge in [-0.2, -0.15) is 4.31 Å². The number of ether oxygens (including phenoxy) is 1. The van der Waals surface area contributed by atoms with Crippen molar-refractivity contribution in [1.82, 2.24) is 9.62 Å². The van der Waals surface area contributed by atoms with Gasteiger partial charge in [-0.1, -0.05) is 42.5 Å². The van der Waals surface area contributed by atoms with Gasteiger partial charge < -0.3 is 10.1 Å². The number of amides is 2. The van der Waals surface area contributed by atoms with Gasteiger partial charge in [0.1, 0.15) is 11.9 Å². The number of anilines is 1. The van der Waals surface area contributed by atoms with E-state index >= 15 is 4.39 Å². The van der Waals surface area contributed by atoms with Gasteiger partial charge in [0.15, 0.2) is 0 Å². The van der Waals surface area contributed by atoms with Crippen LogP contribution in [0.15, 0.2) is 71.6 Å². The van der Waals surface area contributed by atoms with E-state index in [4.69, 9.17) is 4.74 Å². The van der Waals surface area contributed by atoms with Gasteiger partial charge in [-0.15, -0.1) is 0 Å². The van der Waals surface area contributed by atoms with Crippen LogP contribution in [-0.2, 0) is 19.6 Å². The highest BCUT2D eigenvalue weighted by molar-refractivity contribution is 7.89. The Morgan fingerprint density at radius 1 is 1.14 bits per heavy atom. The highest BCUT2D eigenvalue weighted by Gasteiger charge is 2.33. The molecule has 3 aromatic rings. The molecule has 0 saturated carbocycles. The normalized spacial score (nSPS) is 18.5. The molecule has 2 amide bonds. The van der Waals surface area contributed by atoms with Gasteiger partial charge in [-0.05, 0) is 41.6 Å². The number of nitrogens with one attached hydrogen (secondary N) is 1. The van der Waals surface area contributed by atoms with E-state index in [1.807, 2.05) is 24.3 Å². The van der Waals surface area contributed by atoms with Gasteiger partial charge in [-0.25, -0.2) is 17.6 Å². The molecule has 0 aromatic heterocycles. The molecule has 1 saturated heterocycles. The van der Waals surface area contributed by atoms with Gasteiger partial charge in [0.25, 0.3) is 0 Å². The summed E-state index contributed by atoms with van der Waals surface area (Å²) in [4.78, 5) is 24.9. The first kappa shape index (κ1) is 24.9. The summed E-state index contributed by atoms with van der Waals surface area (Å²) in [6.07, 6.45) is 0.964. The van der Waals surface area contributed by atoms with Crippen LogP contribution < -0.4 is 10.2 Å². The van der Waals surface area contributed by atoms with E-state index in [-0.39, 0.29) is 37.0 Å². The van der Waals surface area contributed by atoms with Gasteiger partial charge in [0.2, 0.25) is 15.9 Å². The van der Waals surface area contributed by atoms with Crippen LogP contribution in [0.4, 0.5) is 14.9 Å². The highest BCUT2D eigenvalue weighted by atomic mass is 32.2. The van der Waals surface area contributed by atoms with Gasteiger partial charge in [-0.3, -0.25) is 9.69 Å². The van der Waals surface area contributed by atoms with Crippen molar-refractivity contribution in [3.63, 3.8) is 0 Å². The first-order valence-electron chi connectivity index (χ1n) is 11.9. The van der Waals surface area contributed by atoms with Crippen molar-refractivity contribution in [3.8, 4) is 0 Å². The average Bonchev–Trinajstić information content (AvgIpc) is 3.27. The number of carbonyl (C=O) groups excluding carboxylic acids is 2. The molecule has 1 fully saturated rings. The summed E-state index contributed by atoms with van der Waals surface area (Å²) >= 11 is 0. The van der Waals surface area contributed by atoms with Gasteiger partial charge in [0.05, 0.1) is 23.7 Å². The van der Waals surface area contributed by atoms with E-state index in [2.05, 4.69) is 5.32 Å². The topological polar surface area (TPSA) is 96.0 Å². The van der Waals surface area contributed by atoms with Crippen LogP contribution in [0.2, 0.25) is 0 Å². The van der Waals surface area contributed by atoms with Crippen molar-refractivity contribution in [2.45, 2.75) is 24.3 Å². The second kappa shape index (κ2) is 9.95. The molecule has 0 spiro atoms. The zero-order valence-electron chi connectivity index (χ0n) is 20.2. The molecule has 0 unspecified atom stereocenters. The van der Waals surface area contributed by atoms with Crippen LogP contribution in [-0.4, -0.2) is 57.0 Å². The minimum atomic E-state index is -3.73. The SMILES string of the molecule is CC(=O)NC[C@H]1CN(c2ccc(C3=CCN(S(=O)(=O)c4cccc5ccccc45)CC3)c(F)c2)C(=O)O1. The predicted molar refractivity (Wildman–Crippen MR) is 138 cm³/mol. The molecule has 2 heterocycles. The molecule has 192 valence electrons. The molecule has 1 atom stereocenters. The van der Waals surface area contributed by atoms with Crippen molar-refractivity contribution < 1.29 is 27.1 Å². The van der Waals surface area contributed by atoms with E-state index in [1.54, 1.807) is 36.4 Å². The molecule has 8 nitrogen and oxygen atoms in total. The van der Waals surface area contributed by atoms with Crippen molar-refractivity contribution in [3.05, 3.63) is 78.1 Å². The van der Waals surface area contributed by atoms with E-state index in [1.165, 1.54) is 22.2 Å². The Bertz CT molecular complexity index is 1520. The summed E-state index contributed by atoms with van der Waals surface area (Å²) in [7, 11) is -3.73. The second-order valence-electron chi connectivity index (χ2n) is 9.04. The Morgan fingerprint density at radius 3 is 2.65 bits per heavy atom. The number of carbonyl (C=O) groups is 2. The number of rotatable bonds is 6. The first-order valence-corrected chi connectivity index (χ1v) is 13.4. The Hall–Kier alpha value is -3.76. The molecule has 3 aromatic carbocycles. The number of hydrogen-bond acceptors (Lipinski definition) is 5. The maximum atomic E-state index is 15.1.